The molecule has 0 spiro atoms. The molecular weight excluding hydrogens is 244 g/mol. The van der Waals surface area contributed by atoms with Gasteiger partial charge in [0.25, 0.3) is 0 Å². The van der Waals surface area contributed by atoms with Gasteiger partial charge in [0.05, 0.1) is 12.0 Å². The molecule has 0 aromatic heterocycles. The van der Waals surface area contributed by atoms with Gasteiger partial charge in [0.2, 0.25) is 0 Å². The summed E-state index contributed by atoms with van der Waals surface area (Å²) in [5, 5.41) is 14.6. The predicted octanol–water partition coefficient (Wildman–Crippen LogP) is 2.37. The number of carboxylic acid groups (broad SMARTS) is 1. The molecule has 0 saturated heterocycles. The lowest BCUT2D eigenvalue weighted by Gasteiger charge is -2.41. The van der Waals surface area contributed by atoms with E-state index in [1.807, 2.05) is 0 Å². The Labute approximate surface area is 115 Å². The van der Waals surface area contributed by atoms with Crippen LogP contribution in [0, 0.1) is 11.3 Å². The van der Waals surface area contributed by atoms with E-state index in [2.05, 4.69) is 38.3 Å². The largest absolute Gasteiger partial charge is 0.481 e. The number of carbonyl (C=O) groups excluding carboxylic acids is 1. The van der Waals surface area contributed by atoms with E-state index in [0.29, 0.717) is 12.5 Å². The van der Waals surface area contributed by atoms with Crippen LogP contribution in [0.2, 0.25) is 0 Å². The number of carbonyl (C=O) groups is 2. The van der Waals surface area contributed by atoms with Gasteiger partial charge in [-0.2, -0.15) is 0 Å². The zero-order valence-electron chi connectivity index (χ0n) is 12.4. The number of urea groups is 1. The fourth-order valence-electron chi connectivity index (χ4n) is 2.04. The summed E-state index contributed by atoms with van der Waals surface area (Å²) >= 11 is 0. The Bertz CT molecular complexity index is 347. The molecule has 0 bridgehead atoms. The van der Waals surface area contributed by atoms with Crippen LogP contribution in [0.5, 0.6) is 0 Å². The fourth-order valence-corrected chi connectivity index (χ4v) is 2.04. The minimum absolute atomic E-state index is 0.00793. The third kappa shape index (κ3) is 4.40. The number of rotatable bonds is 6. The van der Waals surface area contributed by atoms with Crippen molar-refractivity contribution in [3.8, 4) is 0 Å². The number of amides is 2. The van der Waals surface area contributed by atoms with Crippen molar-refractivity contribution in [1.82, 2.24) is 10.6 Å². The Balaban J connectivity index is 2.44. The first kappa shape index (κ1) is 15.8. The highest BCUT2D eigenvalue weighted by molar-refractivity contribution is 5.77. The number of hydrogen-bond acceptors (Lipinski definition) is 2. The molecule has 0 atom stereocenters. The summed E-state index contributed by atoms with van der Waals surface area (Å²) in [6.45, 7) is 9.04. The number of hydrogen-bond donors (Lipinski definition) is 3. The van der Waals surface area contributed by atoms with E-state index in [-0.39, 0.29) is 17.9 Å². The molecule has 110 valence electrons. The number of aliphatic carboxylic acids is 1. The normalized spacial score (nSPS) is 17.7. The highest BCUT2D eigenvalue weighted by Crippen LogP contribution is 2.34. The highest BCUT2D eigenvalue weighted by Gasteiger charge is 2.40. The molecule has 0 aromatic rings. The van der Waals surface area contributed by atoms with E-state index in [1.165, 1.54) is 0 Å². The summed E-state index contributed by atoms with van der Waals surface area (Å²) < 4.78 is 0. The Morgan fingerprint density at radius 3 is 2.26 bits per heavy atom. The van der Waals surface area contributed by atoms with Crippen molar-refractivity contribution in [2.45, 2.75) is 58.9 Å². The van der Waals surface area contributed by atoms with Gasteiger partial charge in [-0.05, 0) is 30.6 Å². The third-order valence-electron chi connectivity index (χ3n) is 4.45. The van der Waals surface area contributed by atoms with Crippen LogP contribution in [-0.2, 0) is 4.79 Å². The molecule has 5 nitrogen and oxygen atoms in total. The van der Waals surface area contributed by atoms with Crippen LogP contribution in [0.1, 0.15) is 53.4 Å². The van der Waals surface area contributed by atoms with E-state index in [4.69, 9.17) is 5.11 Å². The van der Waals surface area contributed by atoms with Gasteiger partial charge in [-0.25, -0.2) is 4.79 Å². The van der Waals surface area contributed by atoms with Crippen molar-refractivity contribution in [3.05, 3.63) is 0 Å². The highest BCUT2D eigenvalue weighted by atomic mass is 16.4. The summed E-state index contributed by atoms with van der Waals surface area (Å²) in [4.78, 5) is 22.7. The summed E-state index contributed by atoms with van der Waals surface area (Å²) in [5.41, 5.74) is -0.505. The van der Waals surface area contributed by atoms with Crippen molar-refractivity contribution in [3.63, 3.8) is 0 Å². The SMILES string of the molecule is CC(C)C(C)(C)CNC(=O)NC1(CC(=O)O)CCC1. The molecule has 1 aliphatic carbocycles. The van der Waals surface area contributed by atoms with E-state index < -0.39 is 11.5 Å². The molecule has 1 rings (SSSR count). The van der Waals surface area contributed by atoms with Crippen molar-refractivity contribution in [1.29, 1.82) is 0 Å². The first-order valence-electron chi connectivity index (χ1n) is 6.95. The van der Waals surface area contributed by atoms with Gasteiger partial charge in [0.15, 0.2) is 0 Å². The molecule has 2 amide bonds. The van der Waals surface area contributed by atoms with Crippen LogP contribution in [0.3, 0.4) is 0 Å². The zero-order chi connectivity index (χ0) is 14.7. The van der Waals surface area contributed by atoms with Gasteiger partial charge in [-0.1, -0.05) is 27.7 Å². The van der Waals surface area contributed by atoms with Crippen LogP contribution in [0.4, 0.5) is 4.79 Å². The molecule has 1 fully saturated rings. The second-order valence-corrected chi connectivity index (χ2v) is 6.66. The second kappa shape index (κ2) is 5.80. The molecule has 1 saturated carbocycles. The number of carboxylic acids is 1. The van der Waals surface area contributed by atoms with Crippen LogP contribution in [0.15, 0.2) is 0 Å². The van der Waals surface area contributed by atoms with Crippen molar-refractivity contribution in [2.75, 3.05) is 6.54 Å². The average molecular weight is 270 g/mol. The first-order valence-corrected chi connectivity index (χ1v) is 6.95. The van der Waals surface area contributed by atoms with Gasteiger partial charge in [-0.15, -0.1) is 0 Å². The smallest absolute Gasteiger partial charge is 0.315 e. The lowest BCUT2D eigenvalue weighted by molar-refractivity contribution is -0.139. The van der Waals surface area contributed by atoms with E-state index in [1.54, 1.807) is 0 Å². The molecule has 3 N–H and O–H groups in total. The predicted molar refractivity (Wildman–Crippen MR) is 74.0 cm³/mol. The standard InChI is InChI=1S/C14H26N2O3/c1-10(2)13(3,4)9-15-12(19)16-14(6-5-7-14)8-11(17)18/h10H,5-9H2,1-4H3,(H,17,18)(H2,15,16,19). The molecule has 1 aliphatic rings. The first-order chi connectivity index (χ1) is 8.67. The lowest BCUT2D eigenvalue weighted by Crippen LogP contribution is -2.58. The van der Waals surface area contributed by atoms with Gasteiger partial charge >= 0.3 is 12.0 Å². The molecule has 5 heteroatoms. The van der Waals surface area contributed by atoms with E-state index in [0.717, 1.165) is 19.3 Å². The summed E-state index contributed by atoms with van der Waals surface area (Å²) in [6, 6.07) is -0.255. The Hall–Kier alpha value is -1.26. The topological polar surface area (TPSA) is 78.4 Å². The average Bonchev–Trinajstić information content (AvgIpc) is 2.22. The zero-order valence-corrected chi connectivity index (χ0v) is 12.4. The molecule has 0 aromatic carbocycles. The monoisotopic (exact) mass is 270 g/mol. The molecular formula is C14H26N2O3. The van der Waals surface area contributed by atoms with Crippen LogP contribution in [0.25, 0.3) is 0 Å². The molecule has 0 unspecified atom stereocenters. The quantitative estimate of drug-likeness (QED) is 0.693. The lowest BCUT2D eigenvalue weighted by atomic mass is 9.74. The van der Waals surface area contributed by atoms with E-state index in [9.17, 15) is 9.59 Å². The Morgan fingerprint density at radius 2 is 1.89 bits per heavy atom. The third-order valence-corrected chi connectivity index (χ3v) is 4.45. The van der Waals surface area contributed by atoms with Crippen molar-refractivity contribution >= 4 is 12.0 Å². The Kier molecular flexibility index (Phi) is 4.82. The molecule has 0 radical (unpaired) electrons. The minimum atomic E-state index is -0.859. The minimum Gasteiger partial charge on any atom is -0.481 e. The van der Waals surface area contributed by atoms with Gasteiger partial charge in [0, 0.05) is 6.54 Å². The van der Waals surface area contributed by atoms with Crippen LogP contribution >= 0.6 is 0 Å². The van der Waals surface area contributed by atoms with Crippen molar-refractivity contribution in [2.24, 2.45) is 11.3 Å². The van der Waals surface area contributed by atoms with Crippen molar-refractivity contribution < 1.29 is 14.7 Å². The maximum Gasteiger partial charge on any atom is 0.315 e. The molecule has 0 aliphatic heterocycles. The number of nitrogens with one attached hydrogen (secondary N) is 2. The van der Waals surface area contributed by atoms with Gasteiger partial charge in [0.1, 0.15) is 0 Å². The molecule has 0 heterocycles. The maximum absolute atomic E-state index is 11.9. The van der Waals surface area contributed by atoms with Gasteiger partial charge in [-0.3, -0.25) is 4.79 Å². The molecule has 19 heavy (non-hydrogen) atoms. The summed E-state index contributed by atoms with van der Waals surface area (Å²) in [5.74, 6) is -0.396. The summed E-state index contributed by atoms with van der Waals surface area (Å²) in [6.07, 6.45) is 2.49. The second-order valence-electron chi connectivity index (χ2n) is 6.66. The Morgan fingerprint density at radius 1 is 1.32 bits per heavy atom. The van der Waals surface area contributed by atoms with Crippen LogP contribution < -0.4 is 10.6 Å². The summed E-state index contributed by atoms with van der Waals surface area (Å²) in [7, 11) is 0. The fraction of sp³-hybridized carbons (Fsp3) is 0.857. The van der Waals surface area contributed by atoms with Gasteiger partial charge < -0.3 is 15.7 Å². The van der Waals surface area contributed by atoms with Crippen LogP contribution in [-0.4, -0.2) is 29.2 Å². The van der Waals surface area contributed by atoms with E-state index >= 15 is 0 Å². The maximum atomic E-state index is 11.9.